The van der Waals surface area contributed by atoms with Crippen molar-refractivity contribution in [3.8, 4) is 66.8 Å². The zero-order valence-corrected chi connectivity index (χ0v) is 49.8. The Balaban J connectivity index is 0.988. The highest BCUT2D eigenvalue weighted by Gasteiger charge is 2.52. The van der Waals surface area contributed by atoms with Gasteiger partial charge in [0.2, 0.25) is 0 Å². The Hall–Kier alpha value is -6.88. The smallest absolute Gasteiger partial charge is 0.170 e. The molecule has 0 aromatic heterocycles. The van der Waals surface area contributed by atoms with E-state index in [9.17, 15) is 0 Å². The van der Waals surface area contributed by atoms with Crippen LogP contribution in [-0.4, -0.2) is 64.3 Å². The molecule has 0 bridgehead atoms. The van der Waals surface area contributed by atoms with Crippen LogP contribution >= 0.6 is 0 Å². The van der Waals surface area contributed by atoms with Gasteiger partial charge in [0, 0.05) is 11.0 Å². The first-order valence-electron chi connectivity index (χ1n) is 30.1. The van der Waals surface area contributed by atoms with Gasteiger partial charge < -0.3 is 8.97 Å². The second kappa shape index (κ2) is 22.8. The number of hydrogen-bond acceptors (Lipinski definition) is 0. The standard InChI is InChI=1S/C74H76F8N2/c1-45-29-33-52-53-34-30-47(42-59(53)73(58(52)41-45,37-21-13-9-11-15-23-39-83(3,4)5)38-22-14-10-12-16-24-40-84(6,7)8)63-69(79)71(81)64(72(82)70(63)80)49-32-36-55-51-26-18-20-28-57(51)74(61(55)44-49)56-27-19-17-25-50(56)54-35-31-48(43-60(54)74)62-67(77)65(75)46(2)66(76)68(62)78/h17-20,25-36,41-44H,9-16,21-24,37-40H2,1-8H3/q+2. The van der Waals surface area contributed by atoms with Crippen molar-refractivity contribution in [1.82, 2.24) is 0 Å². The first kappa shape index (κ1) is 58.9. The minimum Gasteiger partial charge on any atom is -0.331 e. The summed E-state index contributed by atoms with van der Waals surface area (Å²) in [6, 6.07) is 35.9. The third-order valence-corrected chi connectivity index (χ3v) is 18.6. The van der Waals surface area contributed by atoms with Gasteiger partial charge in [-0.25, -0.2) is 35.1 Å². The summed E-state index contributed by atoms with van der Waals surface area (Å²) in [5.74, 6) is -12.3. The molecule has 2 nitrogen and oxygen atoms in total. The predicted octanol–water partition coefficient (Wildman–Crippen LogP) is 19.9. The van der Waals surface area contributed by atoms with Crippen molar-refractivity contribution in [1.29, 1.82) is 0 Å². The lowest BCUT2D eigenvalue weighted by Crippen LogP contribution is -2.35. The van der Waals surface area contributed by atoms with Gasteiger partial charge in [0.15, 0.2) is 46.5 Å². The molecule has 1 atom stereocenters. The van der Waals surface area contributed by atoms with Crippen molar-refractivity contribution in [2.24, 2.45) is 0 Å². The molecule has 0 radical (unpaired) electrons. The van der Waals surface area contributed by atoms with E-state index in [0.717, 1.165) is 138 Å². The highest BCUT2D eigenvalue weighted by Crippen LogP contribution is 2.64. The van der Waals surface area contributed by atoms with Crippen LogP contribution < -0.4 is 0 Å². The molecule has 84 heavy (non-hydrogen) atoms. The van der Waals surface area contributed by atoms with Crippen molar-refractivity contribution < 1.29 is 44.1 Å². The maximum atomic E-state index is 17.5. The van der Waals surface area contributed by atoms with E-state index in [1.807, 2.05) is 54.6 Å². The van der Waals surface area contributed by atoms with Gasteiger partial charge in [-0.2, -0.15) is 0 Å². The van der Waals surface area contributed by atoms with E-state index in [-0.39, 0.29) is 16.7 Å². The number of fused-ring (bicyclic) bond motifs is 13. The van der Waals surface area contributed by atoms with Crippen LogP contribution in [0.15, 0.2) is 121 Å². The minimum absolute atomic E-state index is 0.0519. The van der Waals surface area contributed by atoms with Gasteiger partial charge in [0.05, 0.1) is 77.5 Å². The average Bonchev–Trinajstić information content (AvgIpc) is 1.57. The van der Waals surface area contributed by atoms with Gasteiger partial charge >= 0.3 is 0 Å². The van der Waals surface area contributed by atoms with E-state index < -0.39 is 79.6 Å². The molecule has 1 spiro atoms. The molecule has 8 aromatic rings. The van der Waals surface area contributed by atoms with Crippen LogP contribution in [0.3, 0.4) is 0 Å². The summed E-state index contributed by atoms with van der Waals surface area (Å²) in [6.45, 7) is 5.31. The Kier molecular flexibility index (Phi) is 16.0. The molecule has 0 saturated heterocycles. The summed E-state index contributed by atoms with van der Waals surface area (Å²) in [5, 5.41) is 0. The van der Waals surface area contributed by atoms with Crippen LogP contribution in [0.2, 0.25) is 0 Å². The quantitative estimate of drug-likeness (QED) is 0.0291. The molecule has 8 aromatic carbocycles. The maximum Gasteiger partial charge on any atom is 0.170 e. The number of benzene rings is 8. The minimum atomic E-state index is -1.55. The zero-order chi connectivity index (χ0) is 59.6. The molecule has 0 heterocycles. The van der Waals surface area contributed by atoms with E-state index in [2.05, 4.69) is 67.4 Å². The summed E-state index contributed by atoms with van der Waals surface area (Å²) >= 11 is 0. The summed E-state index contributed by atoms with van der Waals surface area (Å²) in [7, 11) is 13.3. The van der Waals surface area contributed by atoms with E-state index in [1.165, 1.54) is 49.4 Å². The Morgan fingerprint density at radius 2 is 0.619 bits per heavy atom. The van der Waals surface area contributed by atoms with E-state index >= 15 is 35.1 Å². The molecule has 11 rings (SSSR count). The van der Waals surface area contributed by atoms with Crippen LogP contribution in [0.4, 0.5) is 35.1 Å². The Labute approximate surface area is 491 Å². The molecule has 1 unspecified atom stereocenters. The average molecular weight is 1150 g/mol. The molecule has 436 valence electrons. The first-order chi connectivity index (χ1) is 40.1. The second-order valence-corrected chi connectivity index (χ2v) is 26.3. The fourth-order valence-corrected chi connectivity index (χ4v) is 14.5. The molecule has 0 aliphatic heterocycles. The topological polar surface area (TPSA) is 0 Å². The van der Waals surface area contributed by atoms with Crippen molar-refractivity contribution >= 4 is 0 Å². The molecule has 0 fully saturated rings. The fourth-order valence-electron chi connectivity index (χ4n) is 14.5. The number of rotatable bonds is 21. The highest BCUT2D eigenvalue weighted by atomic mass is 19.2. The third-order valence-electron chi connectivity index (χ3n) is 18.6. The number of hydrogen-bond donors (Lipinski definition) is 0. The van der Waals surface area contributed by atoms with E-state index in [0.29, 0.717) is 22.3 Å². The number of unbranched alkanes of at least 4 members (excludes halogenated alkanes) is 10. The maximum absolute atomic E-state index is 17.5. The van der Waals surface area contributed by atoms with E-state index in [4.69, 9.17) is 0 Å². The zero-order valence-electron chi connectivity index (χ0n) is 49.8. The number of halogens is 8. The van der Waals surface area contributed by atoms with Gasteiger partial charge in [-0.05, 0) is 154 Å². The molecular formula is C74H76F8N2+2. The molecule has 3 aliphatic rings. The Bertz CT molecular complexity index is 3760. The highest BCUT2D eigenvalue weighted by molar-refractivity contribution is 5.97. The van der Waals surface area contributed by atoms with Gasteiger partial charge in [-0.15, -0.1) is 0 Å². The summed E-state index contributed by atoms with van der Waals surface area (Å²) in [5.41, 5.74) is 5.12. The molecule has 3 aliphatic carbocycles. The lowest BCUT2D eigenvalue weighted by molar-refractivity contribution is -0.870. The molecule has 0 amide bonds. The van der Waals surface area contributed by atoms with Crippen LogP contribution in [0.1, 0.15) is 134 Å². The SMILES string of the molecule is Cc1ccc2c(c1)C(CCCCCCCC[N+](C)(C)C)(CCCCCCCC[N+](C)(C)C)c1cc(-c3c(F)c(F)c(-c4ccc5c(c4)C4(c6ccccc6-c6ccc(-c7c(F)c(F)c(C)c(F)c7F)cc64)c4ccccc4-5)c(F)c3F)ccc1-2. The summed E-state index contributed by atoms with van der Waals surface area (Å²) < 4.78 is 134. The molecule has 0 saturated carbocycles. The molecule has 0 N–H and O–H groups in total. The third kappa shape index (κ3) is 10.2. The Morgan fingerprint density at radius 3 is 1.02 bits per heavy atom. The van der Waals surface area contributed by atoms with Crippen molar-refractivity contribution in [2.75, 3.05) is 55.4 Å². The number of quaternary nitrogens is 2. The summed E-state index contributed by atoms with van der Waals surface area (Å²) in [6.07, 6.45) is 14.9. The number of aryl methyl sites for hydroxylation is 1. The molecule has 10 heteroatoms. The lowest BCUT2D eigenvalue weighted by Gasteiger charge is -2.33. The molecular weight excluding hydrogens is 1070 g/mol. The van der Waals surface area contributed by atoms with Crippen molar-refractivity contribution in [3.05, 3.63) is 212 Å². The largest absolute Gasteiger partial charge is 0.331 e. The first-order valence-corrected chi connectivity index (χ1v) is 30.1. The second-order valence-electron chi connectivity index (χ2n) is 26.3. The fraction of sp³-hybridized carbons (Fsp3) is 0.351. The summed E-state index contributed by atoms with van der Waals surface area (Å²) in [4.78, 5) is 0. The van der Waals surface area contributed by atoms with Crippen molar-refractivity contribution in [2.45, 2.75) is 115 Å². The van der Waals surface area contributed by atoms with Crippen LogP contribution in [-0.2, 0) is 10.8 Å². The number of nitrogens with zero attached hydrogens (tertiary/aromatic N) is 2. The van der Waals surface area contributed by atoms with Gasteiger partial charge in [-0.1, -0.05) is 160 Å². The van der Waals surface area contributed by atoms with Gasteiger partial charge in [0.25, 0.3) is 0 Å². The lowest BCUT2D eigenvalue weighted by atomic mass is 9.70. The van der Waals surface area contributed by atoms with Crippen LogP contribution in [0.25, 0.3) is 66.8 Å². The van der Waals surface area contributed by atoms with Crippen LogP contribution in [0, 0.1) is 60.4 Å². The Morgan fingerprint density at radius 1 is 0.310 bits per heavy atom. The monoisotopic (exact) mass is 1140 g/mol. The van der Waals surface area contributed by atoms with E-state index in [1.54, 1.807) is 30.3 Å². The van der Waals surface area contributed by atoms with Gasteiger partial charge in [-0.3, -0.25) is 0 Å². The normalized spacial score (nSPS) is 15.3. The predicted molar refractivity (Wildman–Crippen MR) is 325 cm³/mol. The van der Waals surface area contributed by atoms with Crippen molar-refractivity contribution in [3.63, 3.8) is 0 Å². The van der Waals surface area contributed by atoms with Crippen LogP contribution in [0.5, 0.6) is 0 Å². The van der Waals surface area contributed by atoms with Gasteiger partial charge in [0.1, 0.15) is 0 Å².